The van der Waals surface area contributed by atoms with Crippen molar-refractivity contribution in [3.8, 4) is 23.0 Å². The van der Waals surface area contributed by atoms with Gasteiger partial charge in [0, 0.05) is 11.1 Å². The minimum atomic E-state index is -1.59. The summed E-state index contributed by atoms with van der Waals surface area (Å²) in [6, 6.07) is 14.5. The molecule has 4 rings (SSSR count). The molecule has 0 heterocycles. The first-order valence-corrected chi connectivity index (χ1v) is 10.0. The highest BCUT2D eigenvalue weighted by Gasteiger charge is 2.12. The summed E-state index contributed by atoms with van der Waals surface area (Å²) in [5.74, 6) is -0.648. The van der Waals surface area contributed by atoms with Crippen molar-refractivity contribution in [2.45, 2.75) is 19.8 Å². The maximum atomic E-state index is 14.8. The number of benzene rings is 4. The second-order valence-electron chi connectivity index (χ2n) is 7.46. The van der Waals surface area contributed by atoms with Crippen molar-refractivity contribution in [2.75, 3.05) is 0 Å². The molecule has 0 spiro atoms. The van der Waals surface area contributed by atoms with Gasteiger partial charge in [0.1, 0.15) is 11.6 Å². The van der Waals surface area contributed by atoms with Crippen LogP contribution in [-0.2, 0) is 6.42 Å². The van der Waals surface area contributed by atoms with Gasteiger partial charge in [-0.2, -0.15) is 0 Å². The Kier molecular flexibility index (Phi) is 5.96. The molecule has 4 aromatic rings. The zero-order valence-electron chi connectivity index (χ0n) is 17.1. The molecule has 160 valence electrons. The van der Waals surface area contributed by atoms with Gasteiger partial charge in [0.2, 0.25) is 0 Å². The smallest absolute Gasteiger partial charge is 0.194 e. The lowest BCUT2D eigenvalue weighted by Gasteiger charge is -2.09. The fraction of sp³-hybridized carbons (Fsp3) is 0.111. The molecule has 0 N–H and O–H groups in total. The van der Waals surface area contributed by atoms with Crippen LogP contribution in [0.25, 0.3) is 21.9 Å². The van der Waals surface area contributed by atoms with Gasteiger partial charge < -0.3 is 0 Å². The average molecular weight is 436 g/mol. The molecule has 0 atom stereocenters. The van der Waals surface area contributed by atoms with E-state index in [0.717, 1.165) is 47.4 Å². The first kappa shape index (κ1) is 21.6. The van der Waals surface area contributed by atoms with Crippen LogP contribution >= 0.6 is 0 Å². The number of hydrogen-bond acceptors (Lipinski definition) is 0. The Morgan fingerprint density at radius 1 is 0.656 bits per heavy atom. The quantitative estimate of drug-likeness (QED) is 0.177. The SMILES string of the molecule is CCCc1ccc2cc(-c3ccc(C#Cc4cc(F)c(F)c(F)c4)c(F)c3)c(F)cc2c1. The number of rotatable bonds is 3. The molecule has 0 amide bonds. The first-order chi connectivity index (χ1) is 15.4. The zero-order chi connectivity index (χ0) is 22.8. The van der Waals surface area contributed by atoms with E-state index >= 15 is 0 Å². The number of halogens is 5. The van der Waals surface area contributed by atoms with E-state index in [4.69, 9.17) is 0 Å². The van der Waals surface area contributed by atoms with Crippen LogP contribution in [-0.4, -0.2) is 0 Å². The maximum absolute atomic E-state index is 14.8. The van der Waals surface area contributed by atoms with Gasteiger partial charge in [0.15, 0.2) is 17.5 Å². The number of aryl methyl sites for hydroxylation is 1. The number of hydrogen-bond donors (Lipinski definition) is 0. The number of fused-ring (bicyclic) bond motifs is 1. The fourth-order valence-electron chi connectivity index (χ4n) is 3.54. The largest absolute Gasteiger partial charge is 0.206 e. The molecule has 5 heteroatoms. The fourth-order valence-corrected chi connectivity index (χ4v) is 3.54. The van der Waals surface area contributed by atoms with Gasteiger partial charge in [-0.15, -0.1) is 0 Å². The minimum absolute atomic E-state index is 0.0377. The second-order valence-corrected chi connectivity index (χ2v) is 7.46. The molecule has 0 nitrogen and oxygen atoms in total. The Morgan fingerprint density at radius 3 is 2.09 bits per heavy atom. The van der Waals surface area contributed by atoms with E-state index in [-0.39, 0.29) is 16.7 Å². The van der Waals surface area contributed by atoms with Crippen molar-refractivity contribution >= 4 is 10.8 Å². The Balaban J connectivity index is 1.67. The summed E-state index contributed by atoms with van der Waals surface area (Å²) in [4.78, 5) is 0. The first-order valence-electron chi connectivity index (χ1n) is 10.0. The lowest BCUT2D eigenvalue weighted by atomic mass is 9.97. The van der Waals surface area contributed by atoms with E-state index in [1.807, 2.05) is 18.2 Å². The van der Waals surface area contributed by atoms with Crippen molar-refractivity contribution in [3.63, 3.8) is 0 Å². The molecular weight excluding hydrogens is 419 g/mol. The maximum Gasteiger partial charge on any atom is 0.194 e. The van der Waals surface area contributed by atoms with Crippen molar-refractivity contribution in [1.29, 1.82) is 0 Å². The standard InChI is InChI=1S/C27H17F5/c1-2-3-16-4-7-19-13-22(24(29)15-21(19)10-16)20-9-8-18(23(28)14-20)6-5-17-11-25(30)27(32)26(31)12-17/h4,7-15H,2-3H2,1H3. The van der Waals surface area contributed by atoms with E-state index in [9.17, 15) is 22.0 Å². The van der Waals surface area contributed by atoms with Gasteiger partial charge in [-0.25, -0.2) is 22.0 Å². The molecule has 0 unspecified atom stereocenters. The summed E-state index contributed by atoms with van der Waals surface area (Å²) >= 11 is 0. The molecule has 0 aliphatic heterocycles. The zero-order valence-corrected chi connectivity index (χ0v) is 17.1. The predicted octanol–water partition coefficient (Wildman–Crippen LogP) is 7.55. The Morgan fingerprint density at radius 2 is 1.41 bits per heavy atom. The van der Waals surface area contributed by atoms with E-state index in [1.165, 1.54) is 18.2 Å². The lowest BCUT2D eigenvalue weighted by Crippen LogP contribution is -1.92. The summed E-state index contributed by atoms with van der Waals surface area (Å²) in [5.41, 5.74) is 1.55. The van der Waals surface area contributed by atoms with Crippen LogP contribution in [0.2, 0.25) is 0 Å². The lowest BCUT2D eigenvalue weighted by molar-refractivity contribution is 0.446. The highest BCUT2D eigenvalue weighted by molar-refractivity contribution is 5.88. The van der Waals surface area contributed by atoms with Crippen molar-refractivity contribution < 1.29 is 22.0 Å². The normalized spacial score (nSPS) is 10.8. The van der Waals surface area contributed by atoms with Crippen LogP contribution in [0.4, 0.5) is 22.0 Å². The summed E-state index contributed by atoms with van der Waals surface area (Å²) < 4.78 is 69.0. The van der Waals surface area contributed by atoms with E-state index < -0.39 is 29.1 Å². The van der Waals surface area contributed by atoms with Crippen LogP contribution < -0.4 is 0 Å². The van der Waals surface area contributed by atoms with E-state index in [1.54, 1.807) is 6.07 Å². The Hall–Kier alpha value is -3.65. The topological polar surface area (TPSA) is 0 Å². The molecule has 4 aromatic carbocycles. The van der Waals surface area contributed by atoms with Crippen molar-refractivity contribution in [2.24, 2.45) is 0 Å². The summed E-state index contributed by atoms with van der Waals surface area (Å²) in [6.07, 6.45) is 1.90. The van der Waals surface area contributed by atoms with Gasteiger partial charge >= 0.3 is 0 Å². The monoisotopic (exact) mass is 436 g/mol. The molecule has 0 radical (unpaired) electrons. The van der Waals surface area contributed by atoms with Gasteiger partial charge in [0.05, 0.1) is 5.56 Å². The summed E-state index contributed by atoms with van der Waals surface area (Å²) in [7, 11) is 0. The van der Waals surface area contributed by atoms with Gasteiger partial charge in [0.25, 0.3) is 0 Å². The van der Waals surface area contributed by atoms with E-state index in [0.29, 0.717) is 5.56 Å². The molecule has 32 heavy (non-hydrogen) atoms. The molecule has 0 fully saturated rings. The van der Waals surface area contributed by atoms with Gasteiger partial charge in [-0.1, -0.05) is 49.5 Å². The third-order valence-corrected chi connectivity index (χ3v) is 5.13. The predicted molar refractivity (Wildman–Crippen MR) is 116 cm³/mol. The van der Waals surface area contributed by atoms with Crippen LogP contribution in [0.1, 0.15) is 30.0 Å². The average Bonchev–Trinajstić information content (AvgIpc) is 2.76. The summed E-state index contributed by atoms with van der Waals surface area (Å²) in [5, 5.41) is 1.62. The highest BCUT2D eigenvalue weighted by atomic mass is 19.2. The van der Waals surface area contributed by atoms with Crippen LogP contribution in [0.3, 0.4) is 0 Å². The molecule has 0 aromatic heterocycles. The van der Waals surface area contributed by atoms with Crippen LogP contribution in [0.15, 0.2) is 60.7 Å². The Bertz CT molecular complexity index is 1370. The molecule has 0 saturated carbocycles. The molecule has 0 aliphatic rings. The van der Waals surface area contributed by atoms with Gasteiger partial charge in [-0.05, 0) is 64.7 Å². The Labute approximate surface area is 182 Å². The van der Waals surface area contributed by atoms with Crippen LogP contribution in [0, 0.1) is 40.9 Å². The molecule has 0 aliphatic carbocycles. The van der Waals surface area contributed by atoms with E-state index in [2.05, 4.69) is 18.8 Å². The van der Waals surface area contributed by atoms with Crippen LogP contribution in [0.5, 0.6) is 0 Å². The molecular formula is C27H17F5. The minimum Gasteiger partial charge on any atom is -0.206 e. The van der Waals surface area contributed by atoms with Gasteiger partial charge in [-0.3, -0.25) is 0 Å². The highest BCUT2D eigenvalue weighted by Crippen LogP contribution is 2.30. The second kappa shape index (κ2) is 8.84. The third kappa shape index (κ3) is 4.36. The molecule has 0 bridgehead atoms. The van der Waals surface area contributed by atoms with Crippen molar-refractivity contribution in [1.82, 2.24) is 0 Å². The third-order valence-electron chi connectivity index (χ3n) is 5.13. The summed E-state index contributed by atoms with van der Waals surface area (Å²) in [6.45, 7) is 2.08. The molecule has 0 saturated heterocycles. The van der Waals surface area contributed by atoms with Crippen molar-refractivity contribution in [3.05, 3.63) is 106 Å².